The Balaban J connectivity index is 2.13. The summed E-state index contributed by atoms with van der Waals surface area (Å²) in [6, 6.07) is 6.24. The molecule has 0 radical (unpaired) electrons. The molecule has 1 aromatic carbocycles. The van der Waals surface area contributed by atoms with Gasteiger partial charge in [0, 0.05) is 10.9 Å². The van der Waals surface area contributed by atoms with E-state index in [2.05, 4.69) is 9.97 Å². The number of hydrogen-bond acceptors (Lipinski definition) is 6. The van der Waals surface area contributed by atoms with Gasteiger partial charge in [-0.25, -0.2) is 9.97 Å². The van der Waals surface area contributed by atoms with Gasteiger partial charge in [-0.05, 0) is 25.5 Å². The van der Waals surface area contributed by atoms with Crippen LogP contribution in [-0.4, -0.2) is 14.9 Å². The number of nitro groups is 1. The summed E-state index contributed by atoms with van der Waals surface area (Å²) >= 11 is 1.55. The van der Waals surface area contributed by atoms with Gasteiger partial charge in [0.15, 0.2) is 0 Å². The average Bonchev–Trinajstić information content (AvgIpc) is 2.75. The maximum atomic E-state index is 11.0. The van der Waals surface area contributed by atoms with Crippen molar-refractivity contribution < 1.29 is 9.66 Å². The third kappa shape index (κ3) is 2.31. The Bertz CT molecular complexity index is 845. The van der Waals surface area contributed by atoms with E-state index in [-0.39, 0.29) is 11.4 Å². The number of fused-ring (bicyclic) bond motifs is 1. The van der Waals surface area contributed by atoms with Crippen molar-refractivity contribution in [2.24, 2.45) is 0 Å². The van der Waals surface area contributed by atoms with E-state index >= 15 is 0 Å². The maximum Gasteiger partial charge on any atom is 0.311 e. The second-order valence-corrected chi connectivity index (χ2v) is 5.67. The summed E-state index contributed by atoms with van der Waals surface area (Å²) in [4.78, 5) is 20.8. The van der Waals surface area contributed by atoms with Crippen LogP contribution in [0.25, 0.3) is 10.2 Å². The van der Waals surface area contributed by atoms with E-state index in [9.17, 15) is 10.1 Å². The lowest BCUT2D eigenvalue weighted by Crippen LogP contribution is -1.95. The molecule has 0 aliphatic heterocycles. The number of hydrogen-bond donors (Lipinski definition) is 0. The second kappa shape index (κ2) is 5.10. The topological polar surface area (TPSA) is 78.2 Å². The maximum absolute atomic E-state index is 11.0. The van der Waals surface area contributed by atoms with E-state index in [0.717, 1.165) is 20.7 Å². The Kier molecular flexibility index (Phi) is 3.26. The fourth-order valence-electron chi connectivity index (χ4n) is 2.03. The van der Waals surface area contributed by atoms with Gasteiger partial charge in [0.2, 0.25) is 11.6 Å². The Morgan fingerprint density at radius 1 is 1.24 bits per heavy atom. The van der Waals surface area contributed by atoms with Crippen molar-refractivity contribution in [3.8, 4) is 11.6 Å². The van der Waals surface area contributed by atoms with Gasteiger partial charge >= 0.3 is 5.69 Å². The number of benzene rings is 1. The van der Waals surface area contributed by atoms with Crippen molar-refractivity contribution in [2.75, 3.05) is 0 Å². The molecule has 0 unspecified atom stereocenters. The summed E-state index contributed by atoms with van der Waals surface area (Å²) in [5.41, 5.74) is 0.943. The van der Waals surface area contributed by atoms with Crippen molar-refractivity contribution in [2.45, 2.75) is 13.8 Å². The number of aryl methyl sites for hydroxylation is 2. The van der Waals surface area contributed by atoms with E-state index < -0.39 is 4.92 Å². The predicted octanol–water partition coefficient (Wildman–Crippen LogP) is 4.01. The minimum absolute atomic E-state index is 0.0890. The average molecular weight is 301 g/mol. The zero-order chi connectivity index (χ0) is 15.0. The minimum Gasteiger partial charge on any atom is -0.431 e. The first kappa shape index (κ1) is 13.4. The van der Waals surface area contributed by atoms with Crippen molar-refractivity contribution in [1.29, 1.82) is 0 Å². The molecular weight excluding hydrogens is 290 g/mol. The first-order valence-corrected chi connectivity index (χ1v) is 7.01. The zero-order valence-corrected chi connectivity index (χ0v) is 12.2. The highest BCUT2D eigenvalue weighted by Crippen LogP contribution is 2.37. The van der Waals surface area contributed by atoms with E-state index in [4.69, 9.17) is 4.74 Å². The van der Waals surface area contributed by atoms with Gasteiger partial charge in [0.1, 0.15) is 11.2 Å². The van der Waals surface area contributed by atoms with Crippen LogP contribution in [0, 0.1) is 24.0 Å². The molecule has 0 saturated heterocycles. The third-order valence-corrected chi connectivity index (χ3v) is 4.31. The van der Waals surface area contributed by atoms with Crippen LogP contribution in [-0.2, 0) is 0 Å². The zero-order valence-electron chi connectivity index (χ0n) is 11.4. The lowest BCUT2D eigenvalue weighted by molar-refractivity contribution is -0.385. The summed E-state index contributed by atoms with van der Waals surface area (Å²) < 4.78 is 5.69. The number of rotatable bonds is 3. The molecule has 2 aromatic heterocycles. The molecule has 0 saturated carbocycles. The Labute approximate surface area is 124 Å². The van der Waals surface area contributed by atoms with Crippen LogP contribution in [0.1, 0.15) is 10.4 Å². The van der Waals surface area contributed by atoms with Crippen LogP contribution in [0.2, 0.25) is 0 Å². The molecule has 7 heteroatoms. The fraction of sp³-hybridized carbons (Fsp3) is 0.143. The third-order valence-electron chi connectivity index (χ3n) is 3.20. The number of thiophene rings is 1. The monoisotopic (exact) mass is 301 g/mol. The molecule has 0 aliphatic carbocycles. The fourth-order valence-corrected chi connectivity index (χ4v) is 3.01. The van der Waals surface area contributed by atoms with Crippen LogP contribution in [0.4, 0.5) is 5.69 Å². The number of para-hydroxylation sites is 2. The molecular formula is C14H11N3O3S. The molecule has 0 spiro atoms. The van der Waals surface area contributed by atoms with Crippen molar-refractivity contribution in [3.05, 3.63) is 51.1 Å². The summed E-state index contributed by atoms with van der Waals surface area (Å²) in [7, 11) is 0. The molecule has 0 aliphatic rings. The molecule has 0 fully saturated rings. The molecule has 0 N–H and O–H groups in total. The van der Waals surface area contributed by atoms with E-state index in [1.165, 1.54) is 12.4 Å². The van der Waals surface area contributed by atoms with Gasteiger partial charge in [-0.15, -0.1) is 11.3 Å². The largest absolute Gasteiger partial charge is 0.431 e. The van der Waals surface area contributed by atoms with Gasteiger partial charge in [-0.2, -0.15) is 0 Å². The van der Waals surface area contributed by atoms with Gasteiger partial charge in [-0.1, -0.05) is 12.1 Å². The molecule has 3 rings (SSSR count). The Hall–Kier alpha value is -2.54. The second-order valence-electron chi connectivity index (χ2n) is 4.47. The van der Waals surface area contributed by atoms with Crippen LogP contribution in [0.3, 0.4) is 0 Å². The lowest BCUT2D eigenvalue weighted by atomic mass is 10.2. The number of ether oxygens (including phenoxy) is 1. The van der Waals surface area contributed by atoms with Crippen LogP contribution in [0.15, 0.2) is 30.6 Å². The van der Waals surface area contributed by atoms with Gasteiger partial charge < -0.3 is 4.74 Å². The van der Waals surface area contributed by atoms with Gasteiger partial charge in [0.05, 0.1) is 10.3 Å². The predicted molar refractivity (Wildman–Crippen MR) is 80.1 cm³/mol. The molecule has 3 aromatic rings. The molecule has 2 heterocycles. The molecule has 106 valence electrons. The molecule has 21 heavy (non-hydrogen) atoms. The van der Waals surface area contributed by atoms with Crippen LogP contribution >= 0.6 is 11.3 Å². The summed E-state index contributed by atoms with van der Waals surface area (Å²) in [5, 5.41) is 11.8. The lowest BCUT2D eigenvalue weighted by Gasteiger charge is -2.06. The van der Waals surface area contributed by atoms with Gasteiger partial charge in [-0.3, -0.25) is 10.1 Å². The van der Waals surface area contributed by atoms with E-state index in [1.54, 1.807) is 29.5 Å². The standard InChI is InChI=1S/C14H11N3O3S/c1-8-9(2)21-14-12(8)13(15-7-16-14)20-11-6-4-3-5-10(11)17(18)19/h3-7H,1-2H3. The quantitative estimate of drug-likeness (QED) is 0.539. The summed E-state index contributed by atoms with van der Waals surface area (Å²) in [6.07, 6.45) is 1.40. The highest BCUT2D eigenvalue weighted by Gasteiger charge is 2.18. The minimum atomic E-state index is -0.473. The summed E-state index contributed by atoms with van der Waals surface area (Å²) in [6.45, 7) is 3.96. The van der Waals surface area contributed by atoms with Crippen molar-refractivity contribution >= 4 is 27.2 Å². The molecule has 0 bridgehead atoms. The normalized spacial score (nSPS) is 10.8. The van der Waals surface area contributed by atoms with Gasteiger partial charge in [0.25, 0.3) is 0 Å². The molecule has 6 nitrogen and oxygen atoms in total. The van der Waals surface area contributed by atoms with Crippen molar-refractivity contribution in [3.63, 3.8) is 0 Å². The first-order valence-electron chi connectivity index (χ1n) is 6.20. The van der Waals surface area contributed by atoms with E-state index in [1.807, 2.05) is 13.8 Å². The van der Waals surface area contributed by atoms with Crippen LogP contribution < -0.4 is 4.74 Å². The highest BCUT2D eigenvalue weighted by atomic mass is 32.1. The first-order chi connectivity index (χ1) is 10.1. The Morgan fingerprint density at radius 2 is 2.00 bits per heavy atom. The number of nitrogens with zero attached hydrogens (tertiary/aromatic N) is 3. The highest BCUT2D eigenvalue weighted by molar-refractivity contribution is 7.18. The van der Waals surface area contributed by atoms with Crippen molar-refractivity contribution in [1.82, 2.24) is 9.97 Å². The number of aromatic nitrogens is 2. The summed E-state index contributed by atoms with van der Waals surface area (Å²) in [5.74, 6) is 0.516. The van der Waals surface area contributed by atoms with Crippen LogP contribution in [0.5, 0.6) is 11.6 Å². The van der Waals surface area contributed by atoms with E-state index in [0.29, 0.717) is 5.88 Å². The SMILES string of the molecule is Cc1sc2ncnc(Oc3ccccc3[N+](=O)[O-])c2c1C. The number of nitro benzene ring substituents is 1. The smallest absolute Gasteiger partial charge is 0.311 e. The molecule has 0 amide bonds. The Morgan fingerprint density at radius 3 is 2.76 bits per heavy atom. The molecule has 0 atom stereocenters.